The third-order valence-electron chi connectivity index (χ3n) is 6.74. The number of likely N-dealkylation sites (tertiary alicyclic amines) is 1. The van der Waals surface area contributed by atoms with Crippen molar-refractivity contribution in [2.45, 2.75) is 39.3 Å². The molecule has 0 spiro atoms. The number of benzene rings is 2. The Morgan fingerprint density at radius 3 is 2.82 bits per heavy atom. The van der Waals surface area contributed by atoms with Crippen LogP contribution in [0.2, 0.25) is 5.02 Å². The molecule has 1 amide bonds. The molecule has 1 aliphatic rings. The molecule has 0 saturated carbocycles. The number of fused-ring (bicyclic) bond motifs is 1. The molecule has 1 aliphatic heterocycles. The van der Waals surface area contributed by atoms with Crippen LogP contribution in [0.15, 0.2) is 45.6 Å². The van der Waals surface area contributed by atoms with Crippen molar-refractivity contribution in [3.05, 3.63) is 80.8 Å². The van der Waals surface area contributed by atoms with Crippen LogP contribution in [0.1, 0.15) is 47.2 Å². The molecule has 0 bridgehead atoms. The maximum absolute atomic E-state index is 14.7. The van der Waals surface area contributed by atoms with E-state index in [0.717, 1.165) is 37.9 Å². The topological polar surface area (TPSA) is 126 Å². The van der Waals surface area contributed by atoms with Gasteiger partial charge in [0.1, 0.15) is 5.39 Å². The maximum atomic E-state index is 14.7. The lowest BCUT2D eigenvalue weighted by Crippen LogP contribution is -2.33. The molecule has 4 aromatic rings. The summed E-state index contributed by atoms with van der Waals surface area (Å²) in [4.78, 5) is 34.5. The summed E-state index contributed by atoms with van der Waals surface area (Å²) in [5.74, 6) is 0.0288. The Labute approximate surface area is 228 Å². The second-order valence-corrected chi connectivity index (χ2v) is 10.0. The van der Waals surface area contributed by atoms with Crippen molar-refractivity contribution in [1.82, 2.24) is 30.4 Å². The normalized spacial score (nSPS) is 14.5. The first-order valence-corrected chi connectivity index (χ1v) is 13.1. The van der Waals surface area contributed by atoms with E-state index in [9.17, 15) is 14.0 Å². The zero-order chi connectivity index (χ0) is 27.4. The third kappa shape index (κ3) is 6.61. The van der Waals surface area contributed by atoms with E-state index >= 15 is 0 Å². The molecule has 1 saturated heterocycles. The van der Waals surface area contributed by atoms with Crippen LogP contribution in [0.5, 0.6) is 5.75 Å². The van der Waals surface area contributed by atoms with E-state index in [4.69, 9.17) is 20.8 Å². The number of carbonyl (C=O) groups excluding carboxylic acids is 1. The highest BCUT2D eigenvalue weighted by atomic mass is 35.5. The number of hydrogen-bond acceptors (Lipinski definition) is 8. The molecule has 12 heteroatoms. The highest BCUT2D eigenvalue weighted by molar-refractivity contribution is 6.30. The SMILES string of the molecule is Cc1nnc(CN2CCC(CCOc3c(F)ccc4nc(C(=O)NCc5cccc(Cl)c5)[nH]c(=O)c34)CC2)o1. The van der Waals surface area contributed by atoms with Crippen LogP contribution in [0, 0.1) is 18.7 Å². The molecule has 0 aliphatic carbocycles. The third-order valence-corrected chi connectivity index (χ3v) is 6.98. The highest BCUT2D eigenvalue weighted by Crippen LogP contribution is 2.27. The van der Waals surface area contributed by atoms with E-state index in [2.05, 4.69) is 30.4 Å². The van der Waals surface area contributed by atoms with Gasteiger partial charge in [0.25, 0.3) is 11.5 Å². The number of nitrogens with zero attached hydrogens (tertiary/aromatic N) is 4. The molecule has 2 aromatic heterocycles. The summed E-state index contributed by atoms with van der Waals surface area (Å²) >= 11 is 5.98. The van der Waals surface area contributed by atoms with Crippen molar-refractivity contribution in [3.8, 4) is 5.75 Å². The van der Waals surface area contributed by atoms with E-state index < -0.39 is 17.3 Å². The molecule has 39 heavy (non-hydrogen) atoms. The lowest BCUT2D eigenvalue weighted by Gasteiger charge is -2.30. The van der Waals surface area contributed by atoms with Crippen molar-refractivity contribution in [2.75, 3.05) is 19.7 Å². The Bertz CT molecular complexity index is 1530. The van der Waals surface area contributed by atoms with Gasteiger partial charge in [0.2, 0.25) is 11.8 Å². The average molecular weight is 555 g/mol. The molecular formula is C27H28ClFN6O4. The summed E-state index contributed by atoms with van der Waals surface area (Å²) in [7, 11) is 0. The number of rotatable bonds is 9. The summed E-state index contributed by atoms with van der Waals surface area (Å²) in [6.45, 7) is 4.63. The number of aromatic nitrogens is 4. The van der Waals surface area contributed by atoms with Crippen molar-refractivity contribution < 1.29 is 18.3 Å². The van der Waals surface area contributed by atoms with E-state index in [1.165, 1.54) is 12.1 Å². The molecule has 5 rings (SSSR count). The van der Waals surface area contributed by atoms with Gasteiger partial charge in [-0.05, 0) is 68.1 Å². The first kappa shape index (κ1) is 26.8. The predicted octanol–water partition coefficient (Wildman–Crippen LogP) is 4.02. The number of H-pyrrole nitrogens is 1. The van der Waals surface area contributed by atoms with Crippen molar-refractivity contribution in [3.63, 3.8) is 0 Å². The largest absolute Gasteiger partial charge is 0.490 e. The zero-order valence-electron chi connectivity index (χ0n) is 21.4. The van der Waals surface area contributed by atoms with Crippen LogP contribution in [0.4, 0.5) is 4.39 Å². The Morgan fingerprint density at radius 1 is 1.26 bits per heavy atom. The van der Waals surface area contributed by atoms with Crippen LogP contribution in [0.3, 0.4) is 0 Å². The molecule has 0 atom stereocenters. The summed E-state index contributed by atoms with van der Waals surface area (Å²) < 4.78 is 25.9. The molecule has 2 aromatic carbocycles. The van der Waals surface area contributed by atoms with Gasteiger partial charge >= 0.3 is 0 Å². The molecular weight excluding hydrogens is 527 g/mol. The number of piperidine rings is 1. The fraction of sp³-hybridized carbons (Fsp3) is 0.370. The van der Waals surface area contributed by atoms with E-state index in [1.54, 1.807) is 25.1 Å². The molecule has 0 radical (unpaired) electrons. The predicted molar refractivity (Wildman–Crippen MR) is 142 cm³/mol. The number of amides is 1. The van der Waals surface area contributed by atoms with Crippen LogP contribution in [-0.2, 0) is 13.1 Å². The first-order valence-electron chi connectivity index (χ1n) is 12.7. The Balaban J connectivity index is 1.19. The molecule has 0 unspecified atom stereocenters. The first-order chi connectivity index (χ1) is 18.9. The Morgan fingerprint density at radius 2 is 2.08 bits per heavy atom. The van der Waals surface area contributed by atoms with Gasteiger partial charge in [0.15, 0.2) is 17.4 Å². The minimum atomic E-state index is -0.655. The smallest absolute Gasteiger partial charge is 0.287 e. The van der Waals surface area contributed by atoms with Crippen molar-refractivity contribution >= 4 is 28.4 Å². The van der Waals surface area contributed by atoms with Gasteiger partial charge in [0, 0.05) is 18.5 Å². The number of nitrogens with one attached hydrogen (secondary N) is 2. The maximum Gasteiger partial charge on any atom is 0.287 e. The van der Waals surface area contributed by atoms with Gasteiger partial charge in [-0.1, -0.05) is 23.7 Å². The van der Waals surface area contributed by atoms with Gasteiger partial charge < -0.3 is 19.5 Å². The molecule has 10 nitrogen and oxygen atoms in total. The van der Waals surface area contributed by atoms with E-state index in [-0.39, 0.29) is 35.6 Å². The van der Waals surface area contributed by atoms with Crippen LogP contribution < -0.4 is 15.6 Å². The number of halogens is 2. The van der Waals surface area contributed by atoms with Crippen LogP contribution in [0.25, 0.3) is 10.9 Å². The highest BCUT2D eigenvalue weighted by Gasteiger charge is 2.22. The number of aryl methyl sites for hydroxylation is 1. The van der Waals surface area contributed by atoms with Gasteiger partial charge in [0.05, 0.1) is 18.7 Å². The fourth-order valence-corrected chi connectivity index (χ4v) is 4.91. The summed E-state index contributed by atoms with van der Waals surface area (Å²) in [6, 6.07) is 9.60. The van der Waals surface area contributed by atoms with E-state index in [0.29, 0.717) is 29.3 Å². The quantitative estimate of drug-likeness (QED) is 0.318. The summed E-state index contributed by atoms with van der Waals surface area (Å²) in [6.07, 6.45) is 2.65. The lowest BCUT2D eigenvalue weighted by atomic mass is 9.94. The number of hydrogen-bond donors (Lipinski definition) is 2. The van der Waals surface area contributed by atoms with Crippen molar-refractivity contribution in [2.24, 2.45) is 5.92 Å². The summed E-state index contributed by atoms with van der Waals surface area (Å²) in [5, 5.41) is 11.1. The van der Waals surface area contributed by atoms with Crippen LogP contribution >= 0.6 is 11.6 Å². The standard InChI is InChI=1S/C27H28ClFN6O4/c1-16-33-34-22(39-16)15-35-10-7-17(8-11-35)9-12-38-24-20(29)5-6-21-23(24)26(36)32-25(31-21)27(37)30-14-18-3-2-4-19(28)13-18/h2-6,13,17H,7-12,14-15H2,1H3,(H,30,37)(H,31,32,36). The van der Waals surface area contributed by atoms with Gasteiger partial charge in [-0.15, -0.1) is 10.2 Å². The minimum absolute atomic E-state index is 0.0222. The minimum Gasteiger partial charge on any atom is -0.490 e. The summed E-state index contributed by atoms with van der Waals surface area (Å²) in [5.41, 5.74) is 0.323. The van der Waals surface area contributed by atoms with Gasteiger partial charge in [-0.3, -0.25) is 14.5 Å². The average Bonchev–Trinajstić information content (AvgIpc) is 3.33. The van der Waals surface area contributed by atoms with E-state index in [1.807, 2.05) is 6.07 Å². The molecule has 3 heterocycles. The molecule has 2 N–H and O–H groups in total. The van der Waals surface area contributed by atoms with Crippen molar-refractivity contribution in [1.29, 1.82) is 0 Å². The second kappa shape index (κ2) is 11.9. The van der Waals surface area contributed by atoms with Gasteiger partial charge in [-0.25, -0.2) is 9.37 Å². The Kier molecular flexibility index (Phi) is 8.18. The monoisotopic (exact) mass is 554 g/mol. The van der Waals surface area contributed by atoms with Crippen LogP contribution in [-0.4, -0.2) is 50.7 Å². The lowest BCUT2D eigenvalue weighted by molar-refractivity contribution is 0.0940. The number of aromatic amines is 1. The number of carbonyl (C=O) groups is 1. The fourth-order valence-electron chi connectivity index (χ4n) is 4.69. The van der Waals surface area contributed by atoms with Gasteiger partial charge in [-0.2, -0.15) is 0 Å². The number of ether oxygens (including phenoxy) is 1. The molecule has 204 valence electrons. The zero-order valence-corrected chi connectivity index (χ0v) is 22.1. The molecule has 1 fully saturated rings. The Hall–Kier alpha value is -3.83. The second-order valence-electron chi connectivity index (χ2n) is 9.57.